The predicted octanol–water partition coefficient (Wildman–Crippen LogP) is 2.46. The molecule has 0 bridgehead atoms. The Morgan fingerprint density at radius 2 is 2.11 bits per heavy atom. The van der Waals surface area contributed by atoms with Crippen molar-refractivity contribution >= 4 is 28.5 Å². The number of likely N-dealkylation sites (N-methyl/N-ethyl adjacent to an activating group) is 1. The van der Waals surface area contributed by atoms with E-state index in [0.29, 0.717) is 6.04 Å². The summed E-state index contributed by atoms with van der Waals surface area (Å²) < 4.78 is 1.03. The molecule has 1 aromatic rings. The van der Waals surface area contributed by atoms with E-state index < -0.39 is 0 Å². The highest BCUT2D eigenvalue weighted by Crippen LogP contribution is 2.17. The first-order valence-corrected chi connectivity index (χ1v) is 7.45. The number of nitrogens with zero attached hydrogens (tertiary/aromatic N) is 2. The second-order valence-corrected chi connectivity index (χ2v) is 5.94. The molecule has 4 heteroatoms. The van der Waals surface area contributed by atoms with Gasteiger partial charge < -0.3 is 4.90 Å². The lowest BCUT2D eigenvalue weighted by Gasteiger charge is -2.39. The van der Waals surface area contributed by atoms with Gasteiger partial charge in [0.25, 0.3) is 5.91 Å². The summed E-state index contributed by atoms with van der Waals surface area (Å²) in [4.78, 5) is 16.8. The van der Waals surface area contributed by atoms with Crippen molar-refractivity contribution < 1.29 is 4.79 Å². The standard InChI is InChI=1S/C14H19IN2O/c1-3-11-10-17(9-8-16(11)2)14(18)12-6-4-5-7-13(12)15/h4-7,11H,3,8-10H2,1-2H3. The number of hydrogen-bond acceptors (Lipinski definition) is 2. The topological polar surface area (TPSA) is 23.6 Å². The lowest BCUT2D eigenvalue weighted by Crippen LogP contribution is -2.53. The molecule has 1 saturated heterocycles. The quantitative estimate of drug-likeness (QED) is 0.759. The molecule has 0 radical (unpaired) electrons. The number of rotatable bonds is 2. The van der Waals surface area contributed by atoms with Crippen LogP contribution in [0.4, 0.5) is 0 Å². The number of carbonyl (C=O) groups excluding carboxylic acids is 1. The molecule has 2 rings (SSSR count). The zero-order valence-corrected chi connectivity index (χ0v) is 13.1. The van der Waals surface area contributed by atoms with Gasteiger partial charge in [0.1, 0.15) is 0 Å². The summed E-state index contributed by atoms with van der Waals surface area (Å²) in [5, 5.41) is 0. The number of hydrogen-bond donors (Lipinski definition) is 0. The number of piperazine rings is 1. The number of halogens is 1. The van der Waals surface area contributed by atoms with Gasteiger partial charge in [-0.15, -0.1) is 0 Å². The van der Waals surface area contributed by atoms with Gasteiger partial charge in [0, 0.05) is 29.2 Å². The highest BCUT2D eigenvalue weighted by atomic mass is 127. The molecule has 3 nitrogen and oxygen atoms in total. The molecule has 0 spiro atoms. The van der Waals surface area contributed by atoms with Crippen LogP contribution < -0.4 is 0 Å². The van der Waals surface area contributed by atoms with Crippen LogP contribution in [0.5, 0.6) is 0 Å². The van der Waals surface area contributed by atoms with Gasteiger partial charge in [-0.1, -0.05) is 19.1 Å². The molecule has 1 atom stereocenters. The summed E-state index contributed by atoms with van der Waals surface area (Å²) in [5.74, 6) is 0.173. The smallest absolute Gasteiger partial charge is 0.255 e. The summed E-state index contributed by atoms with van der Waals surface area (Å²) >= 11 is 2.23. The minimum atomic E-state index is 0.173. The Bertz CT molecular complexity index is 436. The average Bonchev–Trinajstić information content (AvgIpc) is 2.39. The largest absolute Gasteiger partial charge is 0.336 e. The summed E-state index contributed by atoms with van der Waals surface area (Å²) in [5.41, 5.74) is 0.831. The normalized spacial score (nSPS) is 21.1. The third-order valence-electron chi connectivity index (χ3n) is 3.64. The monoisotopic (exact) mass is 358 g/mol. The lowest BCUT2D eigenvalue weighted by molar-refractivity contribution is 0.0541. The van der Waals surface area contributed by atoms with Crippen LogP contribution in [0.25, 0.3) is 0 Å². The average molecular weight is 358 g/mol. The van der Waals surface area contributed by atoms with Gasteiger partial charge in [0.05, 0.1) is 5.56 Å². The maximum atomic E-state index is 12.5. The molecule has 98 valence electrons. The van der Waals surface area contributed by atoms with Crippen LogP contribution in [0.2, 0.25) is 0 Å². The zero-order valence-electron chi connectivity index (χ0n) is 10.9. The van der Waals surface area contributed by atoms with E-state index in [1.165, 1.54) is 0 Å². The first-order valence-electron chi connectivity index (χ1n) is 6.37. The summed E-state index contributed by atoms with van der Waals surface area (Å²) in [6, 6.07) is 8.30. The van der Waals surface area contributed by atoms with E-state index in [1.54, 1.807) is 0 Å². The number of carbonyl (C=O) groups is 1. The van der Waals surface area contributed by atoms with E-state index in [4.69, 9.17) is 0 Å². The maximum Gasteiger partial charge on any atom is 0.255 e. The van der Waals surface area contributed by atoms with Gasteiger partial charge in [-0.05, 0) is 48.2 Å². The second kappa shape index (κ2) is 6.02. The molecule has 1 unspecified atom stereocenters. The molecular formula is C14H19IN2O. The molecule has 1 fully saturated rings. The van der Waals surface area contributed by atoms with Crippen molar-refractivity contribution in [3.05, 3.63) is 33.4 Å². The molecule has 0 N–H and O–H groups in total. The highest BCUT2D eigenvalue weighted by molar-refractivity contribution is 14.1. The van der Waals surface area contributed by atoms with Crippen LogP contribution >= 0.6 is 22.6 Å². The third kappa shape index (κ3) is 2.85. The molecule has 1 heterocycles. The van der Waals surface area contributed by atoms with Crippen molar-refractivity contribution in [2.75, 3.05) is 26.7 Å². The van der Waals surface area contributed by atoms with E-state index in [9.17, 15) is 4.79 Å². The highest BCUT2D eigenvalue weighted by Gasteiger charge is 2.27. The van der Waals surface area contributed by atoms with Crippen LogP contribution in [0.15, 0.2) is 24.3 Å². The van der Waals surface area contributed by atoms with Crippen LogP contribution in [0, 0.1) is 3.57 Å². The third-order valence-corrected chi connectivity index (χ3v) is 4.58. The van der Waals surface area contributed by atoms with E-state index in [1.807, 2.05) is 29.2 Å². The van der Waals surface area contributed by atoms with Crippen LogP contribution in [0.1, 0.15) is 23.7 Å². The van der Waals surface area contributed by atoms with Gasteiger partial charge in [-0.25, -0.2) is 0 Å². The fraction of sp³-hybridized carbons (Fsp3) is 0.500. The minimum Gasteiger partial charge on any atom is -0.336 e. The van der Waals surface area contributed by atoms with Crippen molar-refractivity contribution in [3.63, 3.8) is 0 Å². The Labute approximate surface area is 122 Å². The summed E-state index contributed by atoms with van der Waals surface area (Å²) in [6.45, 7) is 4.82. The van der Waals surface area contributed by atoms with Crippen molar-refractivity contribution in [2.24, 2.45) is 0 Å². The predicted molar refractivity (Wildman–Crippen MR) is 81.8 cm³/mol. The molecule has 1 aromatic carbocycles. The zero-order chi connectivity index (χ0) is 13.1. The van der Waals surface area contributed by atoms with Crippen LogP contribution in [0.3, 0.4) is 0 Å². The van der Waals surface area contributed by atoms with Crippen molar-refractivity contribution in [1.29, 1.82) is 0 Å². The second-order valence-electron chi connectivity index (χ2n) is 4.77. The van der Waals surface area contributed by atoms with Crippen molar-refractivity contribution in [1.82, 2.24) is 9.80 Å². The Morgan fingerprint density at radius 3 is 2.78 bits per heavy atom. The van der Waals surface area contributed by atoms with E-state index in [-0.39, 0.29) is 5.91 Å². The van der Waals surface area contributed by atoms with E-state index >= 15 is 0 Å². The lowest BCUT2D eigenvalue weighted by atomic mass is 10.1. The summed E-state index contributed by atoms with van der Waals surface area (Å²) in [6.07, 6.45) is 1.09. The molecule has 0 saturated carbocycles. The molecule has 1 aliphatic rings. The first-order chi connectivity index (χ1) is 8.63. The van der Waals surface area contributed by atoms with Crippen molar-refractivity contribution in [3.8, 4) is 0 Å². The fourth-order valence-corrected chi connectivity index (χ4v) is 2.99. The SMILES string of the molecule is CCC1CN(C(=O)c2ccccc2I)CCN1C. The molecular weight excluding hydrogens is 339 g/mol. The molecule has 1 aliphatic heterocycles. The molecule has 0 aliphatic carbocycles. The van der Waals surface area contributed by atoms with Crippen LogP contribution in [-0.2, 0) is 0 Å². The maximum absolute atomic E-state index is 12.5. The molecule has 1 amide bonds. The minimum absolute atomic E-state index is 0.173. The molecule has 18 heavy (non-hydrogen) atoms. The summed E-state index contributed by atoms with van der Waals surface area (Å²) in [7, 11) is 2.14. The van der Waals surface area contributed by atoms with Crippen LogP contribution in [-0.4, -0.2) is 48.4 Å². The van der Waals surface area contributed by atoms with E-state index in [0.717, 1.165) is 35.2 Å². The van der Waals surface area contributed by atoms with Gasteiger partial charge in [0.2, 0.25) is 0 Å². The van der Waals surface area contributed by atoms with Gasteiger partial charge in [-0.2, -0.15) is 0 Å². The molecule has 0 aromatic heterocycles. The van der Waals surface area contributed by atoms with Gasteiger partial charge >= 0.3 is 0 Å². The Hall–Kier alpha value is -0.620. The van der Waals surface area contributed by atoms with Crippen molar-refractivity contribution in [2.45, 2.75) is 19.4 Å². The number of benzene rings is 1. The van der Waals surface area contributed by atoms with E-state index in [2.05, 4.69) is 41.5 Å². The Kier molecular flexibility index (Phi) is 4.61. The first kappa shape index (κ1) is 13.8. The van der Waals surface area contributed by atoms with Gasteiger partial charge in [-0.3, -0.25) is 9.69 Å². The van der Waals surface area contributed by atoms with Gasteiger partial charge in [0.15, 0.2) is 0 Å². The Morgan fingerprint density at radius 1 is 1.39 bits per heavy atom. The number of amides is 1. The Balaban J connectivity index is 2.13. The fourth-order valence-electron chi connectivity index (χ4n) is 2.38.